The normalized spacial score (nSPS) is 18.3. The highest BCUT2D eigenvalue weighted by Gasteiger charge is 2.24. The van der Waals surface area contributed by atoms with Gasteiger partial charge in [0, 0.05) is 12.2 Å². The summed E-state index contributed by atoms with van der Waals surface area (Å²) in [7, 11) is 0. The Morgan fingerprint density at radius 2 is 2.10 bits per heavy atom. The molecular formula is C18H33N3. The highest BCUT2D eigenvalue weighted by Crippen LogP contribution is 2.30. The predicted octanol–water partition coefficient (Wildman–Crippen LogP) is 4.35. The molecule has 1 atom stereocenters. The summed E-state index contributed by atoms with van der Waals surface area (Å²) < 4.78 is 2.22. The summed E-state index contributed by atoms with van der Waals surface area (Å²) in [4.78, 5) is 0. The second-order valence-corrected chi connectivity index (χ2v) is 7.63. The molecule has 1 fully saturated rings. The average Bonchev–Trinajstić information content (AvgIpc) is 3.05. The molecule has 0 bridgehead atoms. The third kappa shape index (κ3) is 5.14. The largest absolute Gasteiger partial charge is 0.314 e. The van der Waals surface area contributed by atoms with Gasteiger partial charge in [-0.3, -0.25) is 4.68 Å². The van der Waals surface area contributed by atoms with Gasteiger partial charge in [0.2, 0.25) is 0 Å². The van der Waals surface area contributed by atoms with Gasteiger partial charge < -0.3 is 5.32 Å². The topological polar surface area (TPSA) is 29.9 Å². The Hall–Kier alpha value is -0.830. The van der Waals surface area contributed by atoms with Crippen molar-refractivity contribution in [1.29, 1.82) is 0 Å². The standard InChI is InChI=1S/C18H33N3/c1-5-11-19-15(2)13-18(3,4)14-16-10-12-21(20-16)17-8-6-7-9-17/h10,12,15,17,19H,5-9,11,13-14H2,1-4H3. The summed E-state index contributed by atoms with van der Waals surface area (Å²) in [5.74, 6) is 0. The fourth-order valence-electron chi connectivity index (χ4n) is 3.70. The molecule has 3 nitrogen and oxygen atoms in total. The zero-order chi connectivity index (χ0) is 15.3. The quantitative estimate of drug-likeness (QED) is 0.772. The Labute approximate surface area is 130 Å². The molecule has 1 saturated carbocycles. The van der Waals surface area contributed by atoms with Gasteiger partial charge in [-0.05, 0) is 57.1 Å². The minimum Gasteiger partial charge on any atom is -0.314 e. The van der Waals surface area contributed by atoms with Crippen molar-refractivity contribution in [2.75, 3.05) is 6.54 Å². The third-order valence-corrected chi connectivity index (χ3v) is 4.62. The molecule has 0 spiro atoms. The van der Waals surface area contributed by atoms with Crippen molar-refractivity contribution in [3.63, 3.8) is 0 Å². The number of nitrogens with zero attached hydrogens (tertiary/aromatic N) is 2. The Morgan fingerprint density at radius 1 is 1.38 bits per heavy atom. The average molecular weight is 291 g/mol. The molecule has 1 aliphatic rings. The fraction of sp³-hybridized carbons (Fsp3) is 0.833. The summed E-state index contributed by atoms with van der Waals surface area (Å²) in [6.07, 6.45) is 11.0. The molecule has 0 aromatic carbocycles. The summed E-state index contributed by atoms with van der Waals surface area (Å²) in [5, 5.41) is 8.44. The molecular weight excluding hydrogens is 258 g/mol. The lowest BCUT2D eigenvalue weighted by molar-refractivity contribution is 0.283. The molecule has 120 valence electrons. The lowest BCUT2D eigenvalue weighted by atomic mass is 9.82. The van der Waals surface area contributed by atoms with E-state index >= 15 is 0 Å². The Bertz CT molecular complexity index is 416. The highest BCUT2D eigenvalue weighted by atomic mass is 15.3. The Balaban J connectivity index is 1.87. The summed E-state index contributed by atoms with van der Waals surface area (Å²) >= 11 is 0. The molecule has 0 amide bonds. The first kappa shape index (κ1) is 16.5. The zero-order valence-corrected chi connectivity index (χ0v) is 14.4. The number of aromatic nitrogens is 2. The minimum absolute atomic E-state index is 0.301. The molecule has 1 aromatic heterocycles. The van der Waals surface area contributed by atoms with E-state index in [9.17, 15) is 0 Å². The van der Waals surface area contributed by atoms with Crippen molar-refractivity contribution < 1.29 is 0 Å². The van der Waals surface area contributed by atoms with E-state index in [2.05, 4.69) is 50.0 Å². The van der Waals surface area contributed by atoms with Crippen LogP contribution in [0.3, 0.4) is 0 Å². The van der Waals surface area contributed by atoms with E-state index in [0.29, 0.717) is 17.5 Å². The van der Waals surface area contributed by atoms with Crippen LogP contribution in [0.2, 0.25) is 0 Å². The van der Waals surface area contributed by atoms with Gasteiger partial charge in [-0.15, -0.1) is 0 Å². The van der Waals surface area contributed by atoms with E-state index in [0.717, 1.165) is 13.0 Å². The third-order valence-electron chi connectivity index (χ3n) is 4.62. The number of nitrogens with one attached hydrogen (secondary N) is 1. The van der Waals surface area contributed by atoms with E-state index < -0.39 is 0 Å². The first-order chi connectivity index (χ1) is 10.00. The zero-order valence-electron chi connectivity index (χ0n) is 14.4. The van der Waals surface area contributed by atoms with Crippen molar-refractivity contribution >= 4 is 0 Å². The van der Waals surface area contributed by atoms with Gasteiger partial charge in [0.25, 0.3) is 0 Å². The van der Waals surface area contributed by atoms with Gasteiger partial charge in [0.15, 0.2) is 0 Å². The van der Waals surface area contributed by atoms with Gasteiger partial charge in [-0.2, -0.15) is 5.10 Å². The maximum atomic E-state index is 4.84. The summed E-state index contributed by atoms with van der Waals surface area (Å²) in [6.45, 7) is 10.4. The van der Waals surface area contributed by atoms with Gasteiger partial charge in [0.05, 0.1) is 11.7 Å². The van der Waals surface area contributed by atoms with Crippen LogP contribution >= 0.6 is 0 Å². The van der Waals surface area contributed by atoms with Gasteiger partial charge in [-0.25, -0.2) is 0 Å². The molecule has 1 unspecified atom stereocenters. The second kappa shape index (κ2) is 7.44. The van der Waals surface area contributed by atoms with E-state index in [-0.39, 0.29) is 0 Å². The minimum atomic E-state index is 0.301. The molecule has 1 aromatic rings. The number of hydrogen-bond donors (Lipinski definition) is 1. The second-order valence-electron chi connectivity index (χ2n) is 7.63. The van der Waals surface area contributed by atoms with Crippen LogP contribution < -0.4 is 5.32 Å². The van der Waals surface area contributed by atoms with E-state index in [1.54, 1.807) is 0 Å². The monoisotopic (exact) mass is 291 g/mol. The molecule has 2 rings (SSSR count). The smallest absolute Gasteiger partial charge is 0.0630 e. The van der Waals surface area contributed by atoms with Crippen LogP contribution in [0.1, 0.15) is 78.0 Å². The van der Waals surface area contributed by atoms with Gasteiger partial charge in [-0.1, -0.05) is 33.6 Å². The van der Waals surface area contributed by atoms with Crippen LogP contribution in [0.4, 0.5) is 0 Å². The molecule has 21 heavy (non-hydrogen) atoms. The Kier molecular flexibility index (Phi) is 5.86. The SMILES string of the molecule is CCCNC(C)CC(C)(C)Cc1ccn(C2CCCC2)n1. The van der Waals surface area contributed by atoms with Crippen molar-refractivity contribution in [3.8, 4) is 0 Å². The van der Waals surface area contributed by atoms with Crippen LogP contribution in [0.5, 0.6) is 0 Å². The van der Waals surface area contributed by atoms with E-state index in [4.69, 9.17) is 5.10 Å². The van der Waals surface area contributed by atoms with E-state index in [1.807, 2.05) is 0 Å². The predicted molar refractivity (Wildman–Crippen MR) is 89.6 cm³/mol. The van der Waals surface area contributed by atoms with Crippen molar-refractivity contribution in [3.05, 3.63) is 18.0 Å². The number of rotatable bonds is 8. The van der Waals surface area contributed by atoms with Crippen LogP contribution in [0.25, 0.3) is 0 Å². The molecule has 1 heterocycles. The van der Waals surface area contributed by atoms with Crippen molar-refractivity contribution in [2.45, 2.75) is 84.7 Å². The van der Waals surface area contributed by atoms with Crippen molar-refractivity contribution in [1.82, 2.24) is 15.1 Å². The van der Waals surface area contributed by atoms with Gasteiger partial charge >= 0.3 is 0 Å². The van der Waals surface area contributed by atoms with E-state index in [1.165, 1.54) is 44.2 Å². The highest BCUT2D eigenvalue weighted by molar-refractivity contribution is 5.03. The van der Waals surface area contributed by atoms with Crippen LogP contribution in [0.15, 0.2) is 12.3 Å². The lowest BCUT2D eigenvalue weighted by Gasteiger charge is -2.28. The fourth-order valence-corrected chi connectivity index (χ4v) is 3.70. The summed E-state index contributed by atoms with van der Waals surface area (Å²) in [6, 6.07) is 3.47. The molecule has 0 aliphatic heterocycles. The van der Waals surface area contributed by atoms with Crippen molar-refractivity contribution in [2.24, 2.45) is 5.41 Å². The summed E-state index contributed by atoms with van der Waals surface area (Å²) in [5.41, 5.74) is 1.56. The van der Waals surface area contributed by atoms with Crippen LogP contribution in [0, 0.1) is 5.41 Å². The van der Waals surface area contributed by atoms with Gasteiger partial charge in [0.1, 0.15) is 0 Å². The maximum Gasteiger partial charge on any atom is 0.0630 e. The first-order valence-corrected chi connectivity index (χ1v) is 8.77. The first-order valence-electron chi connectivity index (χ1n) is 8.77. The molecule has 0 radical (unpaired) electrons. The molecule has 0 saturated heterocycles. The maximum absolute atomic E-state index is 4.84. The molecule has 1 aliphatic carbocycles. The molecule has 1 N–H and O–H groups in total. The molecule has 3 heteroatoms. The van der Waals surface area contributed by atoms with Crippen LogP contribution in [-0.2, 0) is 6.42 Å². The number of hydrogen-bond acceptors (Lipinski definition) is 2. The Morgan fingerprint density at radius 3 is 2.76 bits per heavy atom. The lowest BCUT2D eigenvalue weighted by Crippen LogP contribution is -2.32. The van der Waals surface area contributed by atoms with Crippen LogP contribution in [-0.4, -0.2) is 22.4 Å².